The second-order valence-electron chi connectivity index (χ2n) is 13.0. The highest BCUT2D eigenvalue weighted by atomic mass is 15.3. The lowest BCUT2D eigenvalue weighted by Crippen LogP contribution is -2.46. The number of hydrogen-bond donors (Lipinski definition) is 0. The van der Waals surface area contributed by atoms with Gasteiger partial charge in [0.2, 0.25) is 0 Å². The molecule has 0 radical (unpaired) electrons. The Labute approximate surface area is 245 Å². The molecule has 4 aliphatic heterocycles. The van der Waals surface area contributed by atoms with Crippen molar-refractivity contribution in [2.75, 3.05) is 145 Å². The number of rotatable bonds is 4. The van der Waals surface area contributed by atoms with Crippen molar-refractivity contribution in [2.24, 2.45) is 0 Å². The van der Waals surface area contributed by atoms with Crippen molar-refractivity contribution in [1.82, 2.24) is 39.2 Å². The van der Waals surface area contributed by atoms with Gasteiger partial charge >= 0.3 is 0 Å². The minimum Gasteiger partial charge on any atom is -0.305 e. The fraction of sp³-hybridized carbons (Fsp3) is 0.812. The van der Waals surface area contributed by atoms with Gasteiger partial charge in [-0.3, -0.25) is 19.6 Å². The van der Waals surface area contributed by atoms with E-state index in [0.717, 1.165) is 13.1 Å². The van der Waals surface area contributed by atoms with Crippen LogP contribution < -0.4 is 0 Å². The molecule has 0 saturated carbocycles. The van der Waals surface area contributed by atoms with Crippen molar-refractivity contribution in [3.05, 3.63) is 35.4 Å². The van der Waals surface area contributed by atoms with E-state index in [-0.39, 0.29) is 0 Å². The molecule has 0 spiro atoms. The van der Waals surface area contributed by atoms with E-state index in [1.165, 1.54) is 155 Å². The van der Waals surface area contributed by atoms with Gasteiger partial charge in [0, 0.05) is 118 Å². The maximum Gasteiger partial charge on any atom is 0.0234 e. The monoisotopic (exact) mass is 554 g/mol. The molecule has 40 heavy (non-hydrogen) atoms. The molecule has 8 nitrogen and oxygen atoms in total. The Balaban J connectivity index is 1.13. The van der Waals surface area contributed by atoms with Crippen molar-refractivity contribution in [3.63, 3.8) is 0 Å². The Hall–Kier alpha value is -1.10. The van der Waals surface area contributed by atoms with Crippen LogP contribution >= 0.6 is 0 Å². The highest BCUT2D eigenvalue weighted by molar-refractivity contribution is 5.22. The SMILES string of the molecule is CN1CCCN2CCN(CCCN(Cc3ccc(CN4CCN5CCN(C)CCN(CC5)CC4)cc3)CC2)CC1. The summed E-state index contributed by atoms with van der Waals surface area (Å²) in [5, 5.41) is 0. The highest BCUT2D eigenvalue weighted by Gasteiger charge is 2.20. The average molecular weight is 555 g/mol. The van der Waals surface area contributed by atoms with Crippen LogP contribution in [0, 0.1) is 0 Å². The van der Waals surface area contributed by atoms with E-state index in [2.05, 4.69) is 77.6 Å². The number of fused-ring (bicyclic) bond motifs is 6. The molecule has 4 aliphatic rings. The second kappa shape index (κ2) is 15.9. The minimum absolute atomic E-state index is 1.07. The standard InChI is InChI=1S/C32H58N8/c1-33-9-3-10-36-20-19-35(16-13-33)11-4-12-39(26-23-36)29-31-5-7-32(8-6-31)30-40-27-24-37-17-14-34(2)15-18-38(22-21-37)25-28-40/h5-8H,3-4,9-30H2,1-2H3. The number of likely N-dealkylation sites (N-methyl/N-ethyl adjacent to an activating group) is 2. The van der Waals surface area contributed by atoms with Gasteiger partial charge in [0.05, 0.1) is 0 Å². The summed E-state index contributed by atoms with van der Waals surface area (Å²) in [6.45, 7) is 26.3. The predicted molar refractivity (Wildman–Crippen MR) is 167 cm³/mol. The van der Waals surface area contributed by atoms with Gasteiger partial charge in [-0.2, -0.15) is 0 Å². The Bertz CT molecular complexity index is 830. The molecule has 4 heterocycles. The van der Waals surface area contributed by atoms with Crippen LogP contribution in [0.3, 0.4) is 0 Å². The molecule has 4 saturated heterocycles. The largest absolute Gasteiger partial charge is 0.305 e. The third-order valence-electron chi connectivity index (χ3n) is 9.85. The van der Waals surface area contributed by atoms with Crippen LogP contribution in [0.2, 0.25) is 0 Å². The number of benzene rings is 1. The van der Waals surface area contributed by atoms with E-state index in [4.69, 9.17) is 0 Å². The van der Waals surface area contributed by atoms with Crippen molar-refractivity contribution >= 4 is 0 Å². The first kappa shape index (κ1) is 30.4. The molecule has 8 heteroatoms. The van der Waals surface area contributed by atoms with Gasteiger partial charge in [-0.1, -0.05) is 24.3 Å². The van der Waals surface area contributed by atoms with Gasteiger partial charge in [0.25, 0.3) is 0 Å². The predicted octanol–water partition coefficient (Wildman–Crippen LogP) is 1.20. The molecule has 4 bridgehead atoms. The van der Waals surface area contributed by atoms with Crippen molar-refractivity contribution < 1.29 is 0 Å². The van der Waals surface area contributed by atoms with Gasteiger partial charge in [0.15, 0.2) is 0 Å². The van der Waals surface area contributed by atoms with Gasteiger partial charge in [-0.05, 0) is 64.2 Å². The zero-order chi connectivity index (χ0) is 27.6. The molecule has 1 aromatic rings. The summed E-state index contributed by atoms with van der Waals surface area (Å²) in [4.78, 5) is 21.3. The Morgan fingerprint density at radius 1 is 0.375 bits per heavy atom. The molecule has 0 aromatic heterocycles. The summed E-state index contributed by atoms with van der Waals surface area (Å²) in [6.07, 6.45) is 2.57. The summed E-state index contributed by atoms with van der Waals surface area (Å²) in [7, 11) is 4.57. The summed E-state index contributed by atoms with van der Waals surface area (Å²) >= 11 is 0. The fourth-order valence-electron chi connectivity index (χ4n) is 6.80. The Kier molecular flexibility index (Phi) is 12.1. The quantitative estimate of drug-likeness (QED) is 0.548. The second-order valence-corrected chi connectivity index (χ2v) is 13.0. The summed E-state index contributed by atoms with van der Waals surface area (Å²) in [6, 6.07) is 9.64. The van der Waals surface area contributed by atoms with Crippen molar-refractivity contribution in [2.45, 2.75) is 25.9 Å². The fourth-order valence-corrected chi connectivity index (χ4v) is 6.80. The van der Waals surface area contributed by atoms with E-state index >= 15 is 0 Å². The smallest absolute Gasteiger partial charge is 0.0234 e. The molecule has 4 fully saturated rings. The lowest BCUT2D eigenvalue weighted by Gasteiger charge is -2.35. The average Bonchev–Trinajstić information content (AvgIpc) is 3.11. The first-order valence-electron chi connectivity index (χ1n) is 16.4. The van der Waals surface area contributed by atoms with Crippen LogP contribution in [-0.2, 0) is 13.1 Å². The summed E-state index contributed by atoms with van der Waals surface area (Å²) in [5.41, 5.74) is 2.94. The van der Waals surface area contributed by atoms with Crippen LogP contribution in [-0.4, -0.2) is 184 Å². The van der Waals surface area contributed by atoms with E-state index < -0.39 is 0 Å². The van der Waals surface area contributed by atoms with E-state index in [1.807, 2.05) is 0 Å². The lowest BCUT2D eigenvalue weighted by atomic mass is 10.1. The highest BCUT2D eigenvalue weighted by Crippen LogP contribution is 2.13. The van der Waals surface area contributed by atoms with Gasteiger partial charge in [0.1, 0.15) is 0 Å². The molecule has 0 amide bonds. The Morgan fingerprint density at radius 2 is 0.700 bits per heavy atom. The molecular weight excluding hydrogens is 496 g/mol. The maximum absolute atomic E-state index is 2.72. The topological polar surface area (TPSA) is 25.9 Å². The number of hydrogen-bond acceptors (Lipinski definition) is 8. The third kappa shape index (κ3) is 10.0. The van der Waals surface area contributed by atoms with Crippen LogP contribution in [0.5, 0.6) is 0 Å². The van der Waals surface area contributed by atoms with Crippen LogP contribution in [0.1, 0.15) is 24.0 Å². The molecule has 4 atom stereocenters. The molecule has 0 N–H and O–H groups in total. The summed E-state index contributed by atoms with van der Waals surface area (Å²) in [5.74, 6) is 0. The number of nitrogens with zero attached hydrogens (tertiary/aromatic N) is 8. The molecule has 5 rings (SSSR count). The van der Waals surface area contributed by atoms with Crippen LogP contribution in [0.4, 0.5) is 0 Å². The van der Waals surface area contributed by atoms with Crippen LogP contribution in [0.25, 0.3) is 0 Å². The zero-order valence-electron chi connectivity index (χ0n) is 25.9. The Morgan fingerprint density at radius 3 is 1.18 bits per heavy atom. The van der Waals surface area contributed by atoms with Crippen LogP contribution in [0.15, 0.2) is 24.3 Å². The molecular formula is C32H58N8. The van der Waals surface area contributed by atoms with E-state index in [0.29, 0.717) is 0 Å². The van der Waals surface area contributed by atoms with Gasteiger partial charge < -0.3 is 19.6 Å². The van der Waals surface area contributed by atoms with Gasteiger partial charge in [-0.15, -0.1) is 0 Å². The van der Waals surface area contributed by atoms with E-state index in [1.54, 1.807) is 0 Å². The van der Waals surface area contributed by atoms with Gasteiger partial charge in [-0.25, -0.2) is 0 Å². The normalized spacial score (nSPS) is 31.9. The van der Waals surface area contributed by atoms with Crippen molar-refractivity contribution in [3.8, 4) is 0 Å². The van der Waals surface area contributed by atoms with Crippen molar-refractivity contribution in [1.29, 1.82) is 0 Å². The third-order valence-corrected chi connectivity index (χ3v) is 9.85. The molecule has 4 unspecified atom stereocenters. The molecule has 0 aliphatic carbocycles. The summed E-state index contributed by atoms with van der Waals surface area (Å²) < 4.78 is 0. The maximum atomic E-state index is 2.72. The molecule has 226 valence electrons. The first-order chi connectivity index (χ1) is 19.6. The van der Waals surface area contributed by atoms with E-state index in [9.17, 15) is 0 Å². The zero-order valence-corrected chi connectivity index (χ0v) is 25.9. The lowest BCUT2D eigenvalue weighted by molar-refractivity contribution is 0.124. The first-order valence-corrected chi connectivity index (χ1v) is 16.4. The minimum atomic E-state index is 1.07. The molecule has 1 aromatic carbocycles.